The van der Waals surface area contributed by atoms with Gasteiger partial charge < -0.3 is 20.7 Å². The van der Waals surface area contributed by atoms with Crippen LogP contribution in [0, 0.1) is 31.4 Å². The van der Waals surface area contributed by atoms with Crippen molar-refractivity contribution in [1.29, 1.82) is 0 Å². The molecule has 3 aromatic carbocycles. The second kappa shape index (κ2) is 17.7. The van der Waals surface area contributed by atoms with Crippen LogP contribution in [0.5, 0.6) is 5.88 Å². The van der Waals surface area contributed by atoms with Gasteiger partial charge in [-0.25, -0.2) is 33.7 Å². The Morgan fingerprint density at radius 1 is 0.877 bits per heavy atom. The Labute approximate surface area is 331 Å². The highest BCUT2D eigenvalue weighted by atomic mass is 32.2. The lowest BCUT2D eigenvalue weighted by Crippen LogP contribution is -2.40. The molecule has 5 aromatic rings. The highest BCUT2D eigenvalue weighted by molar-refractivity contribution is 8.13. The molecule has 1 amide bonds. The Morgan fingerprint density at radius 3 is 1.96 bits per heavy atom. The average Bonchev–Trinajstić information content (AvgIpc) is 3.56. The van der Waals surface area contributed by atoms with Crippen molar-refractivity contribution in [2.45, 2.75) is 29.2 Å². The Kier molecular flexibility index (Phi) is 13.2. The van der Waals surface area contributed by atoms with Crippen molar-refractivity contribution in [2.24, 2.45) is 16.6 Å². The van der Waals surface area contributed by atoms with Gasteiger partial charge in [0.1, 0.15) is 17.1 Å². The van der Waals surface area contributed by atoms with E-state index in [0.29, 0.717) is 29.1 Å². The van der Waals surface area contributed by atoms with Gasteiger partial charge >= 0.3 is 0 Å². The van der Waals surface area contributed by atoms with Crippen LogP contribution in [0.15, 0.2) is 106 Å². The fourth-order valence-corrected chi connectivity index (χ4v) is 7.65. The molecule has 1 fully saturated rings. The van der Waals surface area contributed by atoms with E-state index >= 15 is 4.39 Å². The fraction of sp³-hybridized carbons (Fsp3) is 0.222. The van der Waals surface area contributed by atoms with E-state index in [1.807, 2.05) is 18.7 Å². The van der Waals surface area contributed by atoms with Crippen LogP contribution in [0.2, 0.25) is 0 Å². The molecule has 2 aliphatic rings. The number of nitrogens with zero attached hydrogens (tertiary/aromatic N) is 6. The molecule has 21 heteroatoms. The number of ether oxygens (including phenoxy) is 1. The summed E-state index contributed by atoms with van der Waals surface area (Å²) >= 11 is 1.39. The summed E-state index contributed by atoms with van der Waals surface area (Å²) in [5.41, 5.74) is 7.69. The largest absolute Gasteiger partial charge is 0.480 e. The lowest BCUT2D eigenvalue weighted by atomic mass is 9.81. The number of methoxy groups -OCH3 is 1. The highest BCUT2D eigenvalue weighted by Gasteiger charge is 2.52. The van der Waals surface area contributed by atoms with Gasteiger partial charge in [0.05, 0.1) is 48.2 Å². The molecule has 0 spiro atoms. The number of anilines is 2. The van der Waals surface area contributed by atoms with E-state index in [1.54, 1.807) is 30.3 Å². The van der Waals surface area contributed by atoms with Gasteiger partial charge in [0.2, 0.25) is 11.8 Å². The van der Waals surface area contributed by atoms with Crippen LogP contribution in [0.1, 0.15) is 27.2 Å². The van der Waals surface area contributed by atoms with Crippen molar-refractivity contribution >= 4 is 54.7 Å². The number of carbonyl (C=O) groups is 1. The van der Waals surface area contributed by atoms with E-state index in [4.69, 9.17) is 24.6 Å². The molecular weight excluding hydrogens is 807 g/mol. The summed E-state index contributed by atoms with van der Waals surface area (Å²) in [5, 5.41) is 3.06. The minimum absolute atomic E-state index is 0.0666. The first-order valence-corrected chi connectivity index (χ1v) is 20.5. The van der Waals surface area contributed by atoms with Crippen LogP contribution in [0.25, 0.3) is 0 Å². The average molecular weight is 843 g/mol. The lowest BCUT2D eigenvalue weighted by Gasteiger charge is -2.35. The number of benzene rings is 3. The van der Waals surface area contributed by atoms with Gasteiger partial charge in [-0.1, -0.05) is 47.2 Å². The summed E-state index contributed by atoms with van der Waals surface area (Å²) < 4.78 is 92.7. The summed E-state index contributed by atoms with van der Waals surface area (Å²) in [7, 11) is -6.59. The Morgan fingerprint density at radius 2 is 1.46 bits per heavy atom. The van der Waals surface area contributed by atoms with Gasteiger partial charge in [0.15, 0.2) is 11.0 Å². The number of thioether (sulfide) groups is 1. The number of rotatable bonds is 7. The normalized spacial score (nSPS) is 17.5. The number of fused-ring (bicyclic) bond motifs is 1. The lowest BCUT2D eigenvalue weighted by molar-refractivity contribution is 0.102. The maximum absolute atomic E-state index is 15.3. The van der Waals surface area contributed by atoms with E-state index in [2.05, 4.69) is 25.3 Å². The topological polar surface area (TPSA) is 240 Å². The number of nitrogens with two attached hydrogens (primary N) is 1. The summed E-state index contributed by atoms with van der Waals surface area (Å²) in [4.78, 5) is 35.2. The summed E-state index contributed by atoms with van der Waals surface area (Å²) in [5.74, 6) is -0.469. The fourth-order valence-electron chi connectivity index (χ4n) is 5.71. The predicted molar refractivity (Wildman–Crippen MR) is 208 cm³/mol. The molecular formula is C36H36F2N8O8S3. The number of amidine groups is 1. The molecule has 1 saturated heterocycles. The van der Waals surface area contributed by atoms with Crippen LogP contribution >= 0.6 is 11.8 Å². The smallest absolute Gasteiger partial charge is 0.294 e. The number of hydrogen-bond acceptors (Lipinski definition) is 14. The zero-order chi connectivity index (χ0) is 41.5. The minimum atomic E-state index is -4.02. The van der Waals surface area contributed by atoms with Crippen molar-refractivity contribution in [2.75, 3.05) is 36.2 Å². The standard InChI is InChI=1S/C22H20F2N8O2S.2C7H8O3S/c1-34-18-8-26-17(7-27-18)19(33)30-14-2-3-16(24)15(4-14)22-11-32(21-28-5-13(23)6-29-21)9-12(22)10-35-20(25)31-22;2*1-6-2-4-7(5-3-6)11(8,9)10/h2-8,12H,9-11H2,1H3,(H2,25,31)(H,30,33);2*2-5H,1H3,(H,8,9,10)/t12-,22-;;/m0../s1. The van der Waals surface area contributed by atoms with Crippen molar-refractivity contribution in [3.63, 3.8) is 0 Å². The van der Waals surface area contributed by atoms with Crippen molar-refractivity contribution in [3.8, 4) is 5.88 Å². The highest BCUT2D eigenvalue weighted by Crippen LogP contribution is 2.47. The molecule has 7 rings (SSSR count). The van der Waals surface area contributed by atoms with Crippen molar-refractivity contribution in [1.82, 2.24) is 19.9 Å². The van der Waals surface area contributed by atoms with E-state index < -0.39 is 43.3 Å². The molecule has 5 N–H and O–H groups in total. The SMILES string of the molecule is COc1cnc(C(=O)Nc2ccc(F)c([C@]34CN(c5ncc(F)cn5)C[C@H]3CSC(N)=N4)c2)cn1.Cc1ccc(S(=O)(=O)O)cc1.Cc1ccc(S(=O)(=O)O)cc1. The number of hydrogen-bond donors (Lipinski definition) is 4. The van der Waals surface area contributed by atoms with Crippen LogP contribution in [0.3, 0.4) is 0 Å². The minimum Gasteiger partial charge on any atom is -0.480 e. The first kappa shape index (κ1) is 42.5. The first-order valence-electron chi connectivity index (χ1n) is 16.6. The maximum Gasteiger partial charge on any atom is 0.294 e. The van der Waals surface area contributed by atoms with Crippen molar-refractivity contribution in [3.05, 3.63) is 126 Å². The number of carbonyl (C=O) groups excluding carboxylic acids is 1. The van der Waals surface area contributed by atoms with Crippen molar-refractivity contribution < 1.29 is 44.3 Å². The third-order valence-corrected chi connectivity index (χ3v) is 11.3. The summed E-state index contributed by atoms with van der Waals surface area (Å²) in [6, 6.07) is 16.3. The zero-order valence-corrected chi connectivity index (χ0v) is 32.9. The number of aromatic nitrogens is 4. The van der Waals surface area contributed by atoms with Gasteiger partial charge in [0.25, 0.3) is 26.1 Å². The van der Waals surface area contributed by atoms with Crippen LogP contribution in [-0.2, 0) is 25.8 Å². The monoisotopic (exact) mass is 842 g/mol. The predicted octanol–water partition coefficient (Wildman–Crippen LogP) is 4.68. The second-order valence-corrected chi connectivity index (χ2v) is 16.5. The molecule has 16 nitrogen and oxygen atoms in total. The Balaban J connectivity index is 0.000000229. The quantitative estimate of drug-likeness (QED) is 0.163. The maximum atomic E-state index is 15.3. The van der Waals surface area contributed by atoms with E-state index in [1.165, 1.54) is 67.7 Å². The second-order valence-electron chi connectivity index (χ2n) is 12.6. The third kappa shape index (κ3) is 10.8. The number of halogens is 2. The van der Waals surface area contributed by atoms with Gasteiger partial charge in [-0.15, -0.1) is 0 Å². The Bertz CT molecular complexity index is 2390. The molecule has 2 aliphatic heterocycles. The van der Waals surface area contributed by atoms with Gasteiger partial charge in [-0.05, 0) is 56.3 Å². The molecule has 0 saturated carbocycles. The molecule has 0 aliphatic carbocycles. The molecule has 2 atom stereocenters. The summed E-state index contributed by atoms with van der Waals surface area (Å²) in [6.07, 6.45) is 4.79. The zero-order valence-electron chi connectivity index (χ0n) is 30.4. The van der Waals surface area contributed by atoms with E-state index in [-0.39, 0.29) is 39.4 Å². The van der Waals surface area contributed by atoms with Gasteiger partial charge in [-0.2, -0.15) is 16.8 Å². The van der Waals surface area contributed by atoms with Gasteiger partial charge in [-0.3, -0.25) is 13.9 Å². The number of nitrogens with one attached hydrogen (secondary N) is 1. The first-order chi connectivity index (χ1) is 26.9. The van der Waals surface area contributed by atoms with Crippen LogP contribution < -0.4 is 20.7 Å². The number of aryl methyl sites for hydroxylation is 2. The van der Waals surface area contributed by atoms with E-state index in [0.717, 1.165) is 23.5 Å². The molecule has 0 unspecified atom stereocenters. The van der Waals surface area contributed by atoms with Crippen LogP contribution in [0.4, 0.5) is 20.4 Å². The molecule has 2 aromatic heterocycles. The molecule has 0 radical (unpaired) electrons. The third-order valence-electron chi connectivity index (χ3n) is 8.58. The molecule has 4 heterocycles. The van der Waals surface area contributed by atoms with Crippen LogP contribution in [-0.4, -0.2) is 82.9 Å². The van der Waals surface area contributed by atoms with Gasteiger partial charge in [0, 0.05) is 29.5 Å². The number of amides is 1. The summed E-state index contributed by atoms with van der Waals surface area (Å²) in [6.45, 7) is 4.40. The van der Waals surface area contributed by atoms with E-state index in [9.17, 15) is 26.0 Å². The molecule has 57 heavy (non-hydrogen) atoms. The Hall–Kier alpha value is -5.61. The number of aliphatic imine (C=N–C) groups is 1. The molecule has 0 bridgehead atoms. The molecule has 300 valence electrons.